The lowest BCUT2D eigenvalue weighted by molar-refractivity contribution is -0.409. The van der Waals surface area contributed by atoms with E-state index in [2.05, 4.69) is 64.2 Å². The van der Waals surface area contributed by atoms with Crippen LogP contribution in [0, 0.1) is 0 Å². The summed E-state index contributed by atoms with van der Waals surface area (Å²) in [5, 5.41) is 19.6. The molecular formula is C31H39N5O6S. The van der Waals surface area contributed by atoms with Crippen LogP contribution in [0.3, 0.4) is 0 Å². The topological polar surface area (TPSA) is 191 Å². The van der Waals surface area contributed by atoms with Gasteiger partial charge in [0, 0.05) is 35.8 Å². The molecule has 43 heavy (non-hydrogen) atoms. The first-order chi connectivity index (χ1) is 20.7. The Kier molecular flexibility index (Phi) is 13.1. The van der Waals surface area contributed by atoms with Gasteiger partial charge in [0.2, 0.25) is 0 Å². The zero-order valence-electron chi connectivity index (χ0n) is 24.2. The number of quaternary nitrogens is 1. The number of carboxylic acids is 2. The normalized spacial score (nSPS) is 12.9. The Balaban J connectivity index is 0.000000359. The number of aliphatic imine (C=N–C) groups is 1. The fraction of sp³-hybridized carbons (Fsp3) is 0.323. The van der Waals surface area contributed by atoms with Gasteiger partial charge in [0.25, 0.3) is 0 Å². The molecule has 0 saturated heterocycles. The number of nitrogens with two attached hydrogens (primary N) is 2. The minimum absolute atomic E-state index is 0.0333. The fourth-order valence-electron chi connectivity index (χ4n) is 4.29. The average molecular weight is 610 g/mol. The zero-order valence-corrected chi connectivity index (χ0v) is 25.0. The standard InChI is InChI=1S/C25H25NO4S.C6H14N4O2/c1-2-29-22(25(27)28)17-18-11-13-19(14-12-18)30-16-15-26-20-7-3-5-9-23(20)31-24-10-6-4-8-21(24)26;7-4(5(11)12)2-1-3-10-6(8)9/h3-14,22H,2,15-17H2,1H3,(H,27,28);4H,1-3,7H2,(H,11,12)(H4,8,9,10). The van der Waals surface area contributed by atoms with Gasteiger partial charge in [0.1, 0.15) is 18.5 Å². The van der Waals surface area contributed by atoms with Crippen LogP contribution in [0.1, 0.15) is 25.3 Å². The molecule has 0 aliphatic carbocycles. The van der Waals surface area contributed by atoms with Gasteiger partial charge in [-0.15, -0.1) is 0 Å². The number of aliphatic carboxylic acids is 2. The van der Waals surface area contributed by atoms with Gasteiger partial charge in [-0.3, -0.25) is 4.99 Å². The van der Waals surface area contributed by atoms with E-state index in [0.29, 0.717) is 39.1 Å². The number of carbonyl (C=O) groups excluding carboxylic acids is 1. The number of para-hydroxylation sites is 2. The van der Waals surface area contributed by atoms with E-state index >= 15 is 0 Å². The predicted molar refractivity (Wildman–Crippen MR) is 164 cm³/mol. The van der Waals surface area contributed by atoms with E-state index in [1.807, 2.05) is 24.3 Å². The number of anilines is 2. The lowest BCUT2D eigenvalue weighted by atomic mass is 10.1. The quantitative estimate of drug-likeness (QED) is 0.119. The van der Waals surface area contributed by atoms with Crippen LogP contribution in [0.5, 0.6) is 5.75 Å². The van der Waals surface area contributed by atoms with Crippen LogP contribution in [-0.2, 0) is 20.7 Å². The van der Waals surface area contributed by atoms with Crippen molar-refractivity contribution in [2.75, 3.05) is 31.2 Å². The van der Waals surface area contributed by atoms with Gasteiger partial charge in [-0.25, -0.2) is 4.79 Å². The molecule has 11 nitrogen and oxygen atoms in total. The van der Waals surface area contributed by atoms with Gasteiger partial charge in [-0.05, 0) is 55.3 Å². The van der Waals surface area contributed by atoms with Crippen molar-refractivity contribution < 1.29 is 35.0 Å². The van der Waals surface area contributed by atoms with E-state index < -0.39 is 24.1 Å². The highest BCUT2D eigenvalue weighted by atomic mass is 32.2. The van der Waals surface area contributed by atoms with Crippen LogP contribution in [-0.4, -0.2) is 61.5 Å². The number of hydrogen-bond acceptors (Lipinski definition) is 8. The Morgan fingerprint density at radius 3 is 2.16 bits per heavy atom. The van der Waals surface area contributed by atoms with Crippen molar-refractivity contribution in [3.05, 3.63) is 78.4 Å². The van der Waals surface area contributed by atoms with Crippen molar-refractivity contribution >= 4 is 41.0 Å². The maximum absolute atomic E-state index is 11.2. The molecule has 0 radical (unpaired) electrons. The molecule has 1 aliphatic rings. The smallest absolute Gasteiger partial charge is 0.362 e. The highest BCUT2D eigenvalue weighted by Crippen LogP contribution is 2.47. The fourth-order valence-corrected chi connectivity index (χ4v) is 5.39. The van der Waals surface area contributed by atoms with Gasteiger partial charge in [-0.1, -0.05) is 48.2 Å². The second kappa shape index (κ2) is 17.0. The van der Waals surface area contributed by atoms with Crippen molar-refractivity contribution in [3.63, 3.8) is 0 Å². The van der Waals surface area contributed by atoms with Crippen LogP contribution in [0.2, 0.25) is 0 Å². The summed E-state index contributed by atoms with van der Waals surface area (Å²) < 4.78 is 11.2. The first-order valence-electron chi connectivity index (χ1n) is 14.0. The third-order valence-corrected chi connectivity index (χ3v) is 7.58. The second-order valence-corrected chi connectivity index (χ2v) is 10.7. The Hall–Kier alpha value is -4.26. The van der Waals surface area contributed by atoms with Crippen LogP contribution < -0.4 is 31.9 Å². The van der Waals surface area contributed by atoms with Gasteiger partial charge < -0.3 is 46.6 Å². The van der Waals surface area contributed by atoms with Crippen molar-refractivity contribution in [3.8, 4) is 5.75 Å². The number of carboxylic acid groups (broad SMARTS) is 2. The number of fused-ring (bicyclic) bond motifs is 2. The molecule has 230 valence electrons. The van der Waals surface area contributed by atoms with Crippen LogP contribution in [0.15, 0.2) is 87.6 Å². The summed E-state index contributed by atoms with van der Waals surface area (Å²) in [6.07, 6.45) is 0.466. The molecule has 3 aromatic carbocycles. The van der Waals surface area contributed by atoms with E-state index in [0.717, 1.165) is 11.3 Å². The molecule has 3 aromatic rings. The Labute approximate surface area is 255 Å². The molecule has 1 heterocycles. The largest absolute Gasteiger partial charge is 0.547 e. The maximum Gasteiger partial charge on any atom is 0.362 e. The Morgan fingerprint density at radius 1 is 1.02 bits per heavy atom. The SMILES string of the molecule is CCOC(Cc1ccc(OCCN2c3ccccc3Sc3ccccc32)cc1)C(=O)[O-].NC(N)=NCCCC([NH3+])C(=O)O. The monoisotopic (exact) mass is 609 g/mol. The molecule has 8 N–H and O–H groups in total. The molecule has 2 atom stereocenters. The minimum atomic E-state index is -1.19. The van der Waals surface area contributed by atoms with Gasteiger partial charge in [-0.2, -0.15) is 0 Å². The molecular weight excluding hydrogens is 570 g/mol. The molecule has 4 rings (SSSR count). The number of guanidine groups is 1. The number of carbonyl (C=O) groups is 2. The van der Waals surface area contributed by atoms with Gasteiger partial charge in [0.05, 0.1) is 23.9 Å². The lowest BCUT2D eigenvalue weighted by Crippen LogP contribution is -2.64. The molecule has 12 heteroatoms. The number of hydrogen-bond donors (Lipinski definition) is 4. The van der Waals surface area contributed by atoms with E-state index in [9.17, 15) is 14.7 Å². The molecule has 0 spiro atoms. The summed E-state index contributed by atoms with van der Waals surface area (Å²) >= 11 is 1.79. The van der Waals surface area contributed by atoms with Crippen molar-refractivity contribution in [2.24, 2.45) is 16.5 Å². The van der Waals surface area contributed by atoms with Crippen LogP contribution in [0.4, 0.5) is 11.4 Å². The molecule has 0 amide bonds. The lowest BCUT2D eigenvalue weighted by Gasteiger charge is -2.32. The van der Waals surface area contributed by atoms with E-state index in [4.69, 9.17) is 26.0 Å². The number of benzene rings is 3. The third kappa shape index (κ3) is 10.5. The number of rotatable bonds is 14. The zero-order chi connectivity index (χ0) is 31.2. The summed E-state index contributed by atoms with van der Waals surface area (Å²) in [5.74, 6) is -1.30. The molecule has 0 bridgehead atoms. The summed E-state index contributed by atoms with van der Waals surface area (Å²) in [4.78, 5) is 29.9. The van der Waals surface area contributed by atoms with E-state index in [-0.39, 0.29) is 12.4 Å². The Morgan fingerprint density at radius 2 is 1.63 bits per heavy atom. The summed E-state index contributed by atoms with van der Waals surface area (Å²) in [6, 6.07) is 23.7. The summed E-state index contributed by atoms with van der Waals surface area (Å²) in [7, 11) is 0. The third-order valence-electron chi connectivity index (χ3n) is 6.45. The van der Waals surface area contributed by atoms with Crippen molar-refractivity contribution in [1.82, 2.24) is 0 Å². The molecule has 0 fully saturated rings. The maximum atomic E-state index is 11.2. The van der Waals surface area contributed by atoms with Crippen molar-refractivity contribution in [2.45, 2.75) is 48.1 Å². The molecule has 2 unspecified atom stereocenters. The number of ether oxygens (including phenoxy) is 2. The average Bonchev–Trinajstić information content (AvgIpc) is 2.99. The summed E-state index contributed by atoms with van der Waals surface area (Å²) in [6.45, 7) is 3.80. The van der Waals surface area contributed by atoms with Crippen LogP contribution >= 0.6 is 11.8 Å². The number of nitrogens with zero attached hydrogens (tertiary/aromatic N) is 2. The van der Waals surface area contributed by atoms with E-state index in [1.165, 1.54) is 21.2 Å². The van der Waals surface area contributed by atoms with E-state index in [1.54, 1.807) is 18.7 Å². The molecule has 0 saturated carbocycles. The highest BCUT2D eigenvalue weighted by molar-refractivity contribution is 7.99. The Bertz CT molecular complexity index is 1320. The minimum Gasteiger partial charge on any atom is -0.547 e. The predicted octanol–water partition coefficient (Wildman–Crippen LogP) is 1.80. The molecule has 1 aliphatic heterocycles. The van der Waals surface area contributed by atoms with Crippen molar-refractivity contribution in [1.29, 1.82) is 0 Å². The summed E-state index contributed by atoms with van der Waals surface area (Å²) in [5.41, 5.74) is 16.8. The second-order valence-electron chi connectivity index (χ2n) is 9.63. The van der Waals surface area contributed by atoms with Gasteiger partial charge >= 0.3 is 5.97 Å². The highest BCUT2D eigenvalue weighted by Gasteiger charge is 2.22. The van der Waals surface area contributed by atoms with Gasteiger partial charge in [0.15, 0.2) is 12.0 Å². The first kappa shape index (κ1) is 33.2. The molecule has 0 aromatic heterocycles. The first-order valence-corrected chi connectivity index (χ1v) is 14.8. The van der Waals surface area contributed by atoms with Crippen LogP contribution in [0.25, 0.3) is 0 Å².